The molecular formula is C18H16ClN3O3S. The molecule has 134 valence electrons. The van der Waals surface area contributed by atoms with Crippen LogP contribution in [0.15, 0.2) is 36.4 Å². The Morgan fingerprint density at radius 3 is 2.69 bits per heavy atom. The maximum atomic E-state index is 12.4. The highest BCUT2D eigenvalue weighted by Gasteiger charge is 2.12. The number of benzene rings is 2. The highest BCUT2D eigenvalue weighted by molar-refractivity contribution is 7.22. The molecule has 0 aliphatic heterocycles. The van der Waals surface area contributed by atoms with Crippen molar-refractivity contribution in [1.82, 2.24) is 4.98 Å². The van der Waals surface area contributed by atoms with Crippen LogP contribution in [0.4, 0.5) is 10.8 Å². The fourth-order valence-corrected chi connectivity index (χ4v) is 3.48. The summed E-state index contributed by atoms with van der Waals surface area (Å²) < 4.78 is 6.22. The van der Waals surface area contributed by atoms with Gasteiger partial charge in [-0.15, -0.1) is 0 Å². The van der Waals surface area contributed by atoms with Gasteiger partial charge < -0.3 is 10.1 Å². The molecule has 2 aromatic carbocycles. The van der Waals surface area contributed by atoms with Crippen LogP contribution < -0.4 is 15.4 Å². The molecule has 0 aliphatic carbocycles. The van der Waals surface area contributed by atoms with Crippen LogP contribution in [0.25, 0.3) is 10.2 Å². The number of halogens is 1. The quantitative estimate of drug-likeness (QED) is 0.670. The lowest BCUT2D eigenvalue weighted by atomic mass is 10.2. The van der Waals surface area contributed by atoms with Gasteiger partial charge in [0.2, 0.25) is 5.91 Å². The minimum absolute atomic E-state index is 0.144. The molecule has 0 unspecified atom stereocenters. The minimum Gasteiger partial charge on any atom is -0.492 e. The van der Waals surface area contributed by atoms with Crippen molar-refractivity contribution in [3.05, 3.63) is 47.0 Å². The van der Waals surface area contributed by atoms with E-state index < -0.39 is 0 Å². The third-order valence-corrected chi connectivity index (χ3v) is 4.65. The summed E-state index contributed by atoms with van der Waals surface area (Å²) in [7, 11) is 0. The Morgan fingerprint density at radius 1 is 1.19 bits per heavy atom. The van der Waals surface area contributed by atoms with E-state index in [0.717, 1.165) is 10.2 Å². The number of fused-ring (bicyclic) bond motifs is 1. The largest absolute Gasteiger partial charge is 0.492 e. The van der Waals surface area contributed by atoms with E-state index in [9.17, 15) is 9.59 Å². The van der Waals surface area contributed by atoms with Crippen molar-refractivity contribution >= 4 is 55.8 Å². The molecule has 0 aliphatic rings. The number of rotatable bonds is 5. The zero-order valence-electron chi connectivity index (χ0n) is 14.1. The predicted octanol–water partition coefficient (Wildman–Crippen LogP) is 4.56. The molecule has 0 saturated carbocycles. The summed E-state index contributed by atoms with van der Waals surface area (Å²) in [6.07, 6.45) is 0. The Hall–Kier alpha value is -2.64. The van der Waals surface area contributed by atoms with Gasteiger partial charge in [-0.2, -0.15) is 0 Å². The zero-order valence-corrected chi connectivity index (χ0v) is 15.7. The SMILES string of the molecule is CCOc1ccc(C(=O)Nc2nc3ccc(NC(C)=O)cc3s2)cc1Cl. The molecule has 2 amide bonds. The van der Waals surface area contributed by atoms with E-state index in [4.69, 9.17) is 16.3 Å². The Kier molecular flexibility index (Phi) is 5.39. The van der Waals surface area contributed by atoms with Crippen LogP contribution in [-0.4, -0.2) is 23.4 Å². The van der Waals surface area contributed by atoms with Crippen LogP contribution in [-0.2, 0) is 4.79 Å². The topological polar surface area (TPSA) is 80.3 Å². The molecule has 3 aromatic rings. The minimum atomic E-state index is -0.309. The third kappa shape index (κ3) is 4.12. The summed E-state index contributed by atoms with van der Waals surface area (Å²) in [5, 5.41) is 6.33. The number of carbonyl (C=O) groups is 2. The second-order valence-corrected chi connectivity index (χ2v) is 6.85. The van der Waals surface area contributed by atoms with Crippen molar-refractivity contribution in [3.8, 4) is 5.75 Å². The lowest BCUT2D eigenvalue weighted by Gasteiger charge is -2.07. The first-order valence-electron chi connectivity index (χ1n) is 7.88. The molecule has 6 nitrogen and oxygen atoms in total. The van der Waals surface area contributed by atoms with Crippen molar-refractivity contribution in [2.75, 3.05) is 17.2 Å². The molecule has 3 rings (SSSR count). The molecular weight excluding hydrogens is 374 g/mol. The number of hydrogen-bond donors (Lipinski definition) is 2. The van der Waals surface area contributed by atoms with Crippen LogP contribution in [0.2, 0.25) is 5.02 Å². The first kappa shape index (κ1) is 18.2. The Labute approximate surface area is 159 Å². The standard InChI is InChI=1S/C18H16ClN3O3S/c1-3-25-15-7-4-11(8-13(15)19)17(24)22-18-21-14-6-5-12(20-10(2)23)9-16(14)26-18/h4-9H,3H2,1-2H3,(H,20,23)(H,21,22,24). The maximum Gasteiger partial charge on any atom is 0.257 e. The van der Waals surface area contributed by atoms with E-state index in [1.54, 1.807) is 30.3 Å². The summed E-state index contributed by atoms with van der Waals surface area (Å²) >= 11 is 7.45. The van der Waals surface area contributed by atoms with Gasteiger partial charge in [-0.25, -0.2) is 4.98 Å². The third-order valence-electron chi connectivity index (χ3n) is 3.42. The van der Waals surface area contributed by atoms with Crippen LogP contribution in [0.3, 0.4) is 0 Å². The highest BCUT2D eigenvalue weighted by atomic mass is 35.5. The first-order valence-corrected chi connectivity index (χ1v) is 9.07. The molecule has 0 spiro atoms. The molecule has 0 saturated heterocycles. The fourth-order valence-electron chi connectivity index (χ4n) is 2.34. The molecule has 0 atom stereocenters. The monoisotopic (exact) mass is 389 g/mol. The van der Waals surface area contributed by atoms with Crippen LogP contribution >= 0.6 is 22.9 Å². The number of anilines is 2. The number of hydrogen-bond acceptors (Lipinski definition) is 5. The van der Waals surface area contributed by atoms with Gasteiger partial charge in [0, 0.05) is 18.2 Å². The van der Waals surface area contributed by atoms with Crippen molar-refractivity contribution in [2.45, 2.75) is 13.8 Å². The number of thiazole rings is 1. The summed E-state index contributed by atoms with van der Waals surface area (Å²) in [6, 6.07) is 10.2. The summed E-state index contributed by atoms with van der Waals surface area (Å²) in [4.78, 5) is 28.0. The molecule has 8 heteroatoms. The number of ether oxygens (including phenoxy) is 1. The summed E-state index contributed by atoms with van der Waals surface area (Å²) in [5.41, 5.74) is 1.84. The van der Waals surface area contributed by atoms with Crippen LogP contribution in [0.1, 0.15) is 24.2 Å². The van der Waals surface area contributed by atoms with Gasteiger partial charge in [-0.3, -0.25) is 14.9 Å². The lowest BCUT2D eigenvalue weighted by Crippen LogP contribution is -2.11. The lowest BCUT2D eigenvalue weighted by molar-refractivity contribution is -0.114. The Morgan fingerprint density at radius 2 is 2.00 bits per heavy atom. The van der Waals surface area contributed by atoms with Gasteiger partial charge in [0.1, 0.15) is 5.75 Å². The maximum absolute atomic E-state index is 12.4. The average Bonchev–Trinajstić information content (AvgIpc) is 2.97. The van der Waals surface area contributed by atoms with Crippen molar-refractivity contribution in [3.63, 3.8) is 0 Å². The summed E-state index contributed by atoms with van der Waals surface area (Å²) in [5.74, 6) is 0.0852. The fraction of sp³-hybridized carbons (Fsp3) is 0.167. The van der Waals surface area contributed by atoms with Gasteiger partial charge in [-0.05, 0) is 43.3 Å². The number of carbonyl (C=O) groups excluding carboxylic acids is 2. The highest BCUT2D eigenvalue weighted by Crippen LogP contribution is 2.30. The Balaban J connectivity index is 1.78. The van der Waals surface area contributed by atoms with E-state index in [1.807, 2.05) is 13.0 Å². The number of nitrogens with zero attached hydrogens (tertiary/aromatic N) is 1. The van der Waals surface area contributed by atoms with E-state index in [0.29, 0.717) is 33.8 Å². The smallest absolute Gasteiger partial charge is 0.257 e. The van der Waals surface area contributed by atoms with Gasteiger partial charge in [0.25, 0.3) is 5.91 Å². The van der Waals surface area contributed by atoms with Gasteiger partial charge in [0.15, 0.2) is 5.13 Å². The predicted molar refractivity (Wildman–Crippen MR) is 104 cm³/mol. The van der Waals surface area contributed by atoms with Gasteiger partial charge in [-0.1, -0.05) is 22.9 Å². The molecule has 0 bridgehead atoms. The van der Waals surface area contributed by atoms with Crippen molar-refractivity contribution in [2.24, 2.45) is 0 Å². The van der Waals surface area contributed by atoms with E-state index >= 15 is 0 Å². The van der Waals surface area contributed by atoms with Crippen molar-refractivity contribution < 1.29 is 14.3 Å². The molecule has 0 radical (unpaired) electrons. The van der Waals surface area contributed by atoms with Crippen molar-refractivity contribution in [1.29, 1.82) is 0 Å². The van der Waals surface area contributed by atoms with Crippen LogP contribution in [0.5, 0.6) is 5.75 Å². The first-order chi connectivity index (χ1) is 12.5. The molecule has 1 aromatic heterocycles. The van der Waals surface area contributed by atoms with E-state index in [2.05, 4.69) is 15.6 Å². The molecule has 26 heavy (non-hydrogen) atoms. The number of nitrogens with one attached hydrogen (secondary N) is 2. The Bertz CT molecular complexity index is 987. The average molecular weight is 390 g/mol. The van der Waals surface area contributed by atoms with E-state index in [-0.39, 0.29) is 11.8 Å². The molecule has 2 N–H and O–H groups in total. The van der Waals surface area contributed by atoms with Gasteiger partial charge in [0.05, 0.1) is 21.8 Å². The second-order valence-electron chi connectivity index (χ2n) is 5.42. The van der Waals surface area contributed by atoms with E-state index in [1.165, 1.54) is 18.3 Å². The van der Waals surface area contributed by atoms with Crippen LogP contribution in [0, 0.1) is 0 Å². The number of aromatic nitrogens is 1. The normalized spacial score (nSPS) is 10.6. The molecule has 0 fully saturated rings. The second kappa shape index (κ2) is 7.72. The zero-order chi connectivity index (χ0) is 18.7. The van der Waals surface area contributed by atoms with Gasteiger partial charge >= 0.3 is 0 Å². The molecule has 1 heterocycles. The number of amides is 2. The summed E-state index contributed by atoms with van der Waals surface area (Å²) in [6.45, 7) is 3.81.